The average molecular weight is 932 g/mol. The fourth-order valence-corrected chi connectivity index (χ4v) is 17.4. The van der Waals surface area contributed by atoms with E-state index in [1.807, 2.05) is 0 Å². The van der Waals surface area contributed by atoms with Crippen LogP contribution in [0.4, 0.5) is 22.7 Å². The Hall–Kier alpha value is -3.81. The lowest BCUT2D eigenvalue weighted by molar-refractivity contribution is 0.196. The molecule has 22 heteroatoms. The highest BCUT2D eigenvalue weighted by Crippen LogP contribution is 2.60. The molecule has 0 N–H and O–H groups in total. The van der Waals surface area contributed by atoms with Gasteiger partial charge in [-0.25, -0.2) is 0 Å². The van der Waals surface area contributed by atoms with Crippen LogP contribution in [0.25, 0.3) is 25.7 Å². The van der Waals surface area contributed by atoms with Gasteiger partial charge in [0.05, 0.1) is 5.54 Å². The van der Waals surface area contributed by atoms with Crippen LogP contribution in [0.15, 0.2) is 16.4 Å². The Balaban J connectivity index is 1.42. The molecule has 4 aliphatic rings. The van der Waals surface area contributed by atoms with Gasteiger partial charge < -0.3 is 9.80 Å². The molecule has 3 aliphatic heterocycles. The highest BCUT2D eigenvalue weighted by Gasteiger charge is 2.62. The minimum absolute atomic E-state index is 0.0214. The van der Waals surface area contributed by atoms with Gasteiger partial charge in [0.2, 0.25) is 0 Å². The fourth-order valence-electron chi connectivity index (χ4n) is 16.0. The predicted octanol–water partition coefficient (Wildman–Crippen LogP) is -18.3. The van der Waals surface area contributed by atoms with Crippen molar-refractivity contribution in [2.24, 2.45) is 0 Å². The number of thiophene rings is 1. The van der Waals surface area contributed by atoms with Gasteiger partial charge in [0.25, 0.3) is 6.71 Å². The Labute approximate surface area is 454 Å². The molecule has 1 saturated carbocycles. The summed E-state index contributed by atoms with van der Waals surface area (Å²) in [6.45, 7) is 15.8. The maximum Gasteiger partial charge on any atom is 0.250 e. The monoisotopic (exact) mass is 935 g/mol. The number of hydrogen-bond donors (Lipinski definition) is 0. The van der Waals surface area contributed by atoms with Crippen LogP contribution in [0.3, 0.4) is 0 Å². The molecule has 1 aliphatic carbocycles. The van der Waals surface area contributed by atoms with Gasteiger partial charge in [-0.1, -0.05) is 140 Å². The van der Waals surface area contributed by atoms with E-state index < -0.39 is 0 Å². The summed E-state index contributed by atoms with van der Waals surface area (Å²) >= 11 is 2.06. The third kappa shape index (κ3) is 6.37. The summed E-state index contributed by atoms with van der Waals surface area (Å²) in [6, 6.07) is 0. The summed E-state index contributed by atoms with van der Waals surface area (Å²) in [5.41, 5.74) is 42.5. The van der Waals surface area contributed by atoms with Crippen molar-refractivity contribution >= 4 is 306 Å². The van der Waals surface area contributed by atoms with E-state index in [1.54, 1.807) is 16.7 Å². The molecule has 72 heavy (non-hydrogen) atoms. The average Bonchev–Trinajstić information content (AvgIpc) is 3.83. The number of benzene rings is 5. The van der Waals surface area contributed by atoms with Crippen LogP contribution >= 0.6 is 11.3 Å². The number of nitrogens with zero attached hydrogens (tertiary/aromatic N) is 2. The van der Waals surface area contributed by atoms with E-state index in [2.05, 4.69) is 210 Å². The maximum atomic E-state index is 6.50. The lowest BCUT2D eigenvalue weighted by atomic mass is 9.29. The molecule has 1 aromatic heterocycles. The van der Waals surface area contributed by atoms with E-state index >= 15 is 0 Å². The van der Waals surface area contributed by atoms with E-state index in [-0.39, 0.29) is 23.1 Å². The van der Waals surface area contributed by atoms with Crippen LogP contribution in [0.1, 0.15) is 82.6 Å². The summed E-state index contributed by atoms with van der Waals surface area (Å²) in [5, 5.41) is 2.91. The normalized spacial score (nSPS) is 19.4. The highest BCUT2D eigenvalue weighted by atomic mass is 32.1. The first-order valence-electron chi connectivity index (χ1n) is 27.3. The molecule has 2 nitrogen and oxygen atoms in total. The van der Waals surface area contributed by atoms with E-state index in [9.17, 15) is 0 Å². The minimum Gasteiger partial charge on any atom is -0.339 e. The molecule has 0 amide bonds. The molecule has 0 spiro atoms. The van der Waals surface area contributed by atoms with Crippen molar-refractivity contribution in [3.8, 4) is 12.3 Å². The lowest BCUT2D eigenvalue weighted by Crippen LogP contribution is -2.73. The third-order valence-electron chi connectivity index (χ3n) is 21.2. The molecule has 0 radical (unpaired) electrons. The number of hydrogen-bond acceptors (Lipinski definition) is 3. The van der Waals surface area contributed by atoms with Crippen molar-refractivity contribution in [1.29, 1.82) is 0 Å². The van der Waals surface area contributed by atoms with Gasteiger partial charge in [-0.3, -0.25) is 0 Å². The second-order valence-corrected chi connectivity index (χ2v) is 26.3. The Morgan fingerprint density at radius 3 is 1.72 bits per heavy atom. The van der Waals surface area contributed by atoms with Crippen molar-refractivity contribution in [1.82, 2.24) is 0 Å². The van der Waals surface area contributed by atoms with Gasteiger partial charge in [-0.05, 0) is 65.1 Å². The Kier molecular flexibility index (Phi) is 12.1. The number of terminal acetylenes is 1. The SMILES string of the molecule is B/C(CN1c2c(B)c(C)c(B)c3c2B(c2c(B)c(B)c(B)c4c2N3C2(C)CCCCC42C)c2c(B)c(B)c3sc4c(B)c(C(C)(C)C)c(B)c(B)c4c3c21)=C(B)/C(=C(/B)C#C)c1c(B)c(B)c(B)c(B)c1B. The fraction of sp³-hybridized carbons (Fsp3) is 0.280. The minimum atomic E-state index is -0.0576. The summed E-state index contributed by atoms with van der Waals surface area (Å²) in [7, 11) is 43.0. The van der Waals surface area contributed by atoms with Crippen molar-refractivity contribution in [2.45, 2.75) is 83.6 Å². The first-order valence-corrected chi connectivity index (χ1v) is 28.1. The van der Waals surface area contributed by atoms with Crippen molar-refractivity contribution in [3.05, 3.63) is 38.7 Å². The van der Waals surface area contributed by atoms with E-state index in [0.29, 0.717) is 0 Å². The lowest BCUT2D eigenvalue weighted by Gasteiger charge is -2.54. The largest absolute Gasteiger partial charge is 0.339 e. The molecular formula is C50H65B19N2S. The van der Waals surface area contributed by atoms with Crippen molar-refractivity contribution in [3.63, 3.8) is 0 Å². The zero-order chi connectivity index (χ0) is 52.8. The molecule has 2 atom stereocenters. The van der Waals surface area contributed by atoms with E-state index in [0.717, 1.165) is 12.0 Å². The van der Waals surface area contributed by atoms with Gasteiger partial charge in [-0.15, -0.1) is 39.6 Å². The van der Waals surface area contributed by atoms with Gasteiger partial charge in [0.1, 0.15) is 133 Å². The van der Waals surface area contributed by atoms with Crippen molar-refractivity contribution in [2.75, 3.05) is 16.3 Å². The van der Waals surface area contributed by atoms with Crippen molar-refractivity contribution < 1.29 is 0 Å². The second kappa shape index (κ2) is 16.8. The number of fused-ring (bicyclic) bond motifs is 11. The molecular weight excluding hydrogens is 866 g/mol. The Morgan fingerprint density at radius 1 is 0.597 bits per heavy atom. The zero-order valence-corrected chi connectivity index (χ0v) is 49.8. The smallest absolute Gasteiger partial charge is 0.250 e. The van der Waals surface area contributed by atoms with E-state index in [1.165, 1.54) is 189 Å². The summed E-state index contributed by atoms with van der Waals surface area (Å²) < 4.78 is 2.90. The Bertz CT molecular complexity index is 3640. The van der Waals surface area contributed by atoms with Gasteiger partial charge in [0.15, 0.2) is 7.85 Å². The molecule has 5 aromatic carbocycles. The van der Waals surface area contributed by atoms with Crippen LogP contribution in [-0.2, 0) is 10.8 Å². The number of anilines is 4. The topological polar surface area (TPSA) is 6.48 Å². The van der Waals surface area contributed by atoms with Crippen LogP contribution in [0.2, 0.25) is 0 Å². The zero-order valence-electron chi connectivity index (χ0n) is 49.0. The first kappa shape index (κ1) is 51.7. The van der Waals surface area contributed by atoms with Crippen LogP contribution in [-0.4, -0.2) is 160 Å². The highest BCUT2D eigenvalue weighted by molar-refractivity contribution is 7.28. The Morgan fingerprint density at radius 2 is 1.12 bits per heavy atom. The number of allylic oxidation sites excluding steroid dienone is 3. The summed E-state index contributed by atoms with van der Waals surface area (Å²) in [4.78, 5) is 5.86. The third-order valence-corrected chi connectivity index (χ3v) is 22.6. The maximum absolute atomic E-state index is 6.50. The molecule has 338 valence electrons. The summed E-state index contributed by atoms with van der Waals surface area (Å²) in [6.07, 6.45) is 11.5. The van der Waals surface area contributed by atoms with Gasteiger partial charge in [0, 0.05) is 49.5 Å². The molecule has 10 rings (SSSR count). The number of rotatable bonds is 4. The van der Waals surface area contributed by atoms with Gasteiger partial charge >= 0.3 is 0 Å². The second-order valence-electron chi connectivity index (χ2n) is 25.2. The van der Waals surface area contributed by atoms with Gasteiger partial charge in [-0.2, -0.15) is 0 Å². The van der Waals surface area contributed by atoms with E-state index in [4.69, 9.17) is 6.42 Å². The molecule has 0 saturated heterocycles. The van der Waals surface area contributed by atoms with Crippen LogP contribution < -0.4 is 108 Å². The standard InChI is InChI=1S/C50H65B19N2S/c1-8-15(51)17(18-26(56)32(62)35(65)33(63)27(18)57)25(55)16(52)13-70-42-20-19-28(58)29(59)21(48(3,4)5)31(61)46(19)72-47(20)38(68)37(67)39(42)69-40-36(66)34(64)30(60)22-43(40)71(50(7)12-10-9-11-49(22,50)6)45-24(54)14(2)23(53)44(70)41(45)69/h1H,9-13,51-68H2,2-7H3/b17-15+,25-16-. The summed E-state index contributed by atoms with van der Waals surface area (Å²) in [5.74, 6) is 3.18. The van der Waals surface area contributed by atoms with Crippen LogP contribution in [0.5, 0.6) is 0 Å². The molecule has 1 fully saturated rings. The predicted molar refractivity (Wildman–Crippen MR) is 381 cm³/mol. The molecule has 6 aromatic rings. The molecule has 0 bridgehead atoms. The van der Waals surface area contributed by atoms with Crippen LogP contribution in [0, 0.1) is 19.3 Å². The molecule has 4 heterocycles. The molecule has 2 unspecified atom stereocenters. The first-order chi connectivity index (χ1) is 33.5. The quantitative estimate of drug-likeness (QED) is 0.0987.